The zero-order valence-electron chi connectivity index (χ0n) is 10.8. The lowest BCUT2D eigenvalue weighted by Crippen LogP contribution is -2.05. The highest BCUT2D eigenvalue weighted by atomic mass is 32.1. The molecular weight excluding hydrogens is 240 g/mol. The molecule has 0 aliphatic rings. The van der Waals surface area contributed by atoms with Crippen molar-refractivity contribution < 1.29 is 4.74 Å². The van der Waals surface area contributed by atoms with Crippen LogP contribution in [-0.2, 0) is 0 Å². The fourth-order valence-corrected chi connectivity index (χ4v) is 2.50. The van der Waals surface area contributed by atoms with Crippen molar-refractivity contribution in [2.45, 2.75) is 19.8 Å². The third-order valence-electron chi connectivity index (χ3n) is 3.24. The van der Waals surface area contributed by atoms with E-state index in [1.165, 1.54) is 10.8 Å². The smallest absolute Gasteiger partial charge is 0.127 e. The third kappa shape index (κ3) is 3.42. The van der Waals surface area contributed by atoms with Crippen molar-refractivity contribution in [3.8, 4) is 5.75 Å². The molecule has 2 rings (SSSR count). The van der Waals surface area contributed by atoms with Gasteiger partial charge in [-0.3, -0.25) is 0 Å². The summed E-state index contributed by atoms with van der Waals surface area (Å²) in [5.41, 5.74) is 0. The number of hydrogen-bond donors (Lipinski definition) is 1. The zero-order chi connectivity index (χ0) is 12.8. The Kier molecular flexibility index (Phi) is 4.94. The molecule has 0 heterocycles. The lowest BCUT2D eigenvalue weighted by Gasteiger charge is -2.12. The Hall–Kier alpha value is -1.15. The van der Waals surface area contributed by atoms with Crippen LogP contribution in [0.25, 0.3) is 10.8 Å². The maximum absolute atomic E-state index is 5.91. The number of benzene rings is 2. The molecule has 0 radical (unpaired) electrons. The van der Waals surface area contributed by atoms with Crippen LogP contribution in [0.15, 0.2) is 42.5 Å². The van der Waals surface area contributed by atoms with Gasteiger partial charge in [-0.05, 0) is 36.0 Å². The molecule has 2 heteroatoms. The van der Waals surface area contributed by atoms with Gasteiger partial charge < -0.3 is 4.74 Å². The van der Waals surface area contributed by atoms with E-state index >= 15 is 0 Å². The molecule has 1 nitrogen and oxygen atoms in total. The van der Waals surface area contributed by atoms with Gasteiger partial charge in [-0.1, -0.05) is 43.3 Å². The van der Waals surface area contributed by atoms with Gasteiger partial charge in [0.25, 0.3) is 0 Å². The quantitative estimate of drug-likeness (QED) is 0.749. The average molecular weight is 260 g/mol. The van der Waals surface area contributed by atoms with Crippen LogP contribution in [0.2, 0.25) is 0 Å². The maximum Gasteiger partial charge on any atom is 0.127 e. The summed E-state index contributed by atoms with van der Waals surface area (Å²) in [6, 6.07) is 14.6. The summed E-state index contributed by atoms with van der Waals surface area (Å²) >= 11 is 4.26. The molecule has 0 aliphatic carbocycles. The van der Waals surface area contributed by atoms with E-state index in [0.717, 1.165) is 31.0 Å². The molecule has 0 fully saturated rings. The summed E-state index contributed by atoms with van der Waals surface area (Å²) in [6.45, 7) is 3.03. The minimum absolute atomic E-state index is 0.678. The Morgan fingerprint density at radius 3 is 2.67 bits per heavy atom. The van der Waals surface area contributed by atoms with E-state index in [9.17, 15) is 0 Å². The molecule has 0 saturated carbocycles. The topological polar surface area (TPSA) is 9.23 Å². The summed E-state index contributed by atoms with van der Waals surface area (Å²) in [5.74, 6) is 2.62. The second-order valence-corrected chi connectivity index (χ2v) is 5.18. The van der Waals surface area contributed by atoms with Crippen LogP contribution in [-0.4, -0.2) is 12.4 Å². The highest BCUT2D eigenvalue weighted by Crippen LogP contribution is 2.25. The van der Waals surface area contributed by atoms with Crippen molar-refractivity contribution in [1.29, 1.82) is 0 Å². The second kappa shape index (κ2) is 6.69. The van der Waals surface area contributed by atoms with Crippen molar-refractivity contribution in [2.75, 3.05) is 12.4 Å². The highest BCUT2D eigenvalue weighted by Gasteiger charge is 2.03. The molecule has 0 aliphatic heterocycles. The molecule has 0 N–H and O–H groups in total. The summed E-state index contributed by atoms with van der Waals surface area (Å²) in [7, 11) is 0. The highest BCUT2D eigenvalue weighted by molar-refractivity contribution is 7.80. The number of fused-ring (bicyclic) bond motifs is 1. The molecule has 1 unspecified atom stereocenters. The predicted octanol–water partition coefficient (Wildman–Crippen LogP) is 4.56. The van der Waals surface area contributed by atoms with Gasteiger partial charge in [0, 0.05) is 5.39 Å². The molecule has 0 amide bonds. The molecule has 0 bridgehead atoms. The predicted molar refractivity (Wildman–Crippen MR) is 81.7 cm³/mol. The van der Waals surface area contributed by atoms with Gasteiger partial charge in [0.05, 0.1) is 6.61 Å². The van der Waals surface area contributed by atoms with Crippen LogP contribution in [0, 0.1) is 5.92 Å². The van der Waals surface area contributed by atoms with E-state index in [1.54, 1.807) is 0 Å². The molecule has 2 aromatic rings. The van der Waals surface area contributed by atoms with Crippen molar-refractivity contribution in [2.24, 2.45) is 5.92 Å². The first kappa shape index (κ1) is 13.3. The van der Waals surface area contributed by atoms with E-state index < -0.39 is 0 Å². The Balaban J connectivity index is 1.99. The van der Waals surface area contributed by atoms with Crippen LogP contribution >= 0.6 is 12.6 Å². The molecule has 0 aromatic heterocycles. The summed E-state index contributed by atoms with van der Waals surface area (Å²) < 4.78 is 5.91. The Morgan fingerprint density at radius 1 is 1.06 bits per heavy atom. The fraction of sp³-hybridized carbons (Fsp3) is 0.375. The largest absolute Gasteiger partial charge is 0.493 e. The summed E-state index contributed by atoms with van der Waals surface area (Å²) in [6.07, 6.45) is 2.24. The van der Waals surface area contributed by atoms with Crippen LogP contribution in [0.1, 0.15) is 19.8 Å². The number of hydrogen-bond acceptors (Lipinski definition) is 2. The standard InChI is InChI=1S/C16H20OS/c1-13(10-12-18)9-11-17-16-8-4-6-14-5-2-3-7-15(14)16/h2-8,13,18H,9-12H2,1H3. The minimum Gasteiger partial charge on any atom is -0.493 e. The monoisotopic (exact) mass is 260 g/mol. The molecule has 0 saturated heterocycles. The van der Waals surface area contributed by atoms with Crippen molar-refractivity contribution in [3.05, 3.63) is 42.5 Å². The Bertz CT molecular complexity index is 490. The first-order valence-corrected chi connectivity index (χ1v) is 7.16. The van der Waals surface area contributed by atoms with Crippen molar-refractivity contribution in [1.82, 2.24) is 0 Å². The van der Waals surface area contributed by atoms with Crippen LogP contribution < -0.4 is 4.74 Å². The molecule has 1 atom stereocenters. The summed E-state index contributed by atoms with van der Waals surface area (Å²) in [4.78, 5) is 0. The second-order valence-electron chi connectivity index (χ2n) is 4.73. The normalized spacial score (nSPS) is 12.6. The van der Waals surface area contributed by atoms with E-state index in [0.29, 0.717) is 5.92 Å². The lowest BCUT2D eigenvalue weighted by atomic mass is 10.1. The van der Waals surface area contributed by atoms with Crippen LogP contribution in [0.4, 0.5) is 0 Å². The van der Waals surface area contributed by atoms with Gasteiger partial charge >= 0.3 is 0 Å². The molecular formula is C16H20OS. The van der Waals surface area contributed by atoms with Gasteiger partial charge in [-0.2, -0.15) is 12.6 Å². The van der Waals surface area contributed by atoms with E-state index in [4.69, 9.17) is 4.74 Å². The third-order valence-corrected chi connectivity index (χ3v) is 3.50. The fourth-order valence-electron chi connectivity index (χ4n) is 2.06. The zero-order valence-corrected chi connectivity index (χ0v) is 11.7. The first-order valence-electron chi connectivity index (χ1n) is 6.52. The van der Waals surface area contributed by atoms with Crippen LogP contribution in [0.5, 0.6) is 5.75 Å². The van der Waals surface area contributed by atoms with Gasteiger partial charge in [0.1, 0.15) is 5.75 Å². The average Bonchev–Trinajstić information content (AvgIpc) is 2.39. The van der Waals surface area contributed by atoms with Crippen molar-refractivity contribution >= 4 is 23.4 Å². The Morgan fingerprint density at radius 2 is 1.83 bits per heavy atom. The molecule has 0 spiro atoms. The molecule has 18 heavy (non-hydrogen) atoms. The first-order chi connectivity index (χ1) is 8.81. The minimum atomic E-state index is 0.678. The van der Waals surface area contributed by atoms with Gasteiger partial charge in [0.2, 0.25) is 0 Å². The summed E-state index contributed by atoms with van der Waals surface area (Å²) in [5, 5.41) is 2.43. The van der Waals surface area contributed by atoms with Gasteiger partial charge in [-0.25, -0.2) is 0 Å². The number of rotatable bonds is 6. The lowest BCUT2D eigenvalue weighted by molar-refractivity contribution is 0.285. The molecule has 96 valence electrons. The Labute approximate surface area is 115 Å². The van der Waals surface area contributed by atoms with Gasteiger partial charge in [0.15, 0.2) is 0 Å². The van der Waals surface area contributed by atoms with Crippen LogP contribution in [0.3, 0.4) is 0 Å². The maximum atomic E-state index is 5.91. The van der Waals surface area contributed by atoms with E-state index in [2.05, 4.69) is 56.0 Å². The number of ether oxygens (including phenoxy) is 1. The SMILES string of the molecule is CC(CCS)CCOc1cccc2ccccc12. The van der Waals surface area contributed by atoms with Gasteiger partial charge in [-0.15, -0.1) is 0 Å². The molecule has 2 aromatic carbocycles. The van der Waals surface area contributed by atoms with E-state index in [1.807, 2.05) is 6.07 Å². The van der Waals surface area contributed by atoms with E-state index in [-0.39, 0.29) is 0 Å². The van der Waals surface area contributed by atoms with Crippen molar-refractivity contribution in [3.63, 3.8) is 0 Å². The number of thiol groups is 1.